The first-order valence-corrected chi connectivity index (χ1v) is 5.50. The maximum atomic E-state index is 10.8. The first-order valence-electron chi connectivity index (χ1n) is 5.50. The normalized spacial score (nSPS) is 12.3. The van der Waals surface area contributed by atoms with Crippen molar-refractivity contribution in [2.24, 2.45) is 5.92 Å². The van der Waals surface area contributed by atoms with Gasteiger partial charge in [0.15, 0.2) is 0 Å². The van der Waals surface area contributed by atoms with E-state index in [0.717, 1.165) is 0 Å². The molecule has 0 aliphatic rings. The number of phenols is 1. The molecule has 0 aliphatic carbocycles. The Kier molecular flexibility index (Phi) is 3.27. The number of rotatable bonds is 4. The highest BCUT2D eigenvalue weighted by Crippen LogP contribution is 2.22. The summed E-state index contributed by atoms with van der Waals surface area (Å²) >= 11 is 0. The molecule has 0 aliphatic heterocycles. The number of carboxylic acids is 1. The van der Waals surface area contributed by atoms with E-state index < -0.39 is 11.9 Å². The van der Waals surface area contributed by atoms with Crippen LogP contribution < -0.4 is 0 Å². The molecule has 0 saturated heterocycles. The fraction of sp³-hybridized carbons (Fsp3) is 0.250. The predicted octanol–water partition coefficient (Wildman–Crippen LogP) is 1.24. The van der Waals surface area contributed by atoms with Crippen molar-refractivity contribution >= 4 is 5.97 Å². The molecule has 1 aromatic heterocycles. The van der Waals surface area contributed by atoms with Crippen molar-refractivity contribution in [3.8, 4) is 11.4 Å². The van der Waals surface area contributed by atoms with Crippen LogP contribution in [0.25, 0.3) is 5.69 Å². The van der Waals surface area contributed by atoms with Crippen LogP contribution in [0, 0.1) is 5.92 Å². The van der Waals surface area contributed by atoms with Crippen LogP contribution in [0.4, 0.5) is 0 Å². The standard InChI is InChI=1S/C12H13N3O3/c1-8(12(17)18)6-9-7-13-14-15(9)10-4-2-3-5-11(10)16/h2-5,7-8,16H,6H2,1H3,(H,17,18). The fourth-order valence-corrected chi connectivity index (χ4v) is 1.64. The minimum absolute atomic E-state index is 0.0761. The highest BCUT2D eigenvalue weighted by molar-refractivity contribution is 5.69. The first-order chi connectivity index (χ1) is 8.59. The van der Waals surface area contributed by atoms with E-state index in [4.69, 9.17) is 5.11 Å². The number of para-hydroxylation sites is 2. The minimum Gasteiger partial charge on any atom is -0.506 e. The lowest BCUT2D eigenvalue weighted by atomic mass is 10.1. The van der Waals surface area contributed by atoms with Gasteiger partial charge < -0.3 is 10.2 Å². The number of nitrogens with zero attached hydrogens (tertiary/aromatic N) is 3. The number of aliphatic carboxylic acids is 1. The van der Waals surface area contributed by atoms with Gasteiger partial charge in [-0.3, -0.25) is 4.79 Å². The van der Waals surface area contributed by atoms with Gasteiger partial charge in [0.05, 0.1) is 17.8 Å². The molecule has 0 amide bonds. The summed E-state index contributed by atoms with van der Waals surface area (Å²) < 4.78 is 1.45. The molecule has 2 N–H and O–H groups in total. The summed E-state index contributed by atoms with van der Waals surface area (Å²) in [5.41, 5.74) is 1.13. The van der Waals surface area contributed by atoms with Gasteiger partial charge in [0.25, 0.3) is 0 Å². The molecule has 1 heterocycles. The number of carboxylic acid groups (broad SMARTS) is 1. The van der Waals surface area contributed by atoms with E-state index in [0.29, 0.717) is 17.8 Å². The topological polar surface area (TPSA) is 88.2 Å². The van der Waals surface area contributed by atoms with Crippen LogP contribution in [-0.2, 0) is 11.2 Å². The average molecular weight is 247 g/mol. The molecule has 1 atom stereocenters. The molecule has 94 valence electrons. The van der Waals surface area contributed by atoms with Gasteiger partial charge in [-0.1, -0.05) is 24.3 Å². The smallest absolute Gasteiger partial charge is 0.306 e. The van der Waals surface area contributed by atoms with Gasteiger partial charge in [-0.05, 0) is 12.1 Å². The van der Waals surface area contributed by atoms with Crippen LogP contribution >= 0.6 is 0 Å². The van der Waals surface area contributed by atoms with E-state index in [-0.39, 0.29) is 5.75 Å². The van der Waals surface area contributed by atoms with E-state index in [1.165, 1.54) is 10.9 Å². The highest BCUT2D eigenvalue weighted by atomic mass is 16.4. The van der Waals surface area contributed by atoms with Crippen LogP contribution in [0.15, 0.2) is 30.5 Å². The summed E-state index contributed by atoms with van der Waals surface area (Å²) in [4.78, 5) is 10.8. The van der Waals surface area contributed by atoms with Crippen molar-refractivity contribution in [2.45, 2.75) is 13.3 Å². The second-order valence-corrected chi connectivity index (χ2v) is 4.07. The molecule has 6 heteroatoms. The zero-order valence-corrected chi connectivity index (χ0v) is 9.82. The number of aromatic hydroxyl groups is 1. The summed E-state index contributed by atoms with van der Waals surface area (Å²) in [5.74, 6) is -1.33. The summed E-state index contributed by atoms with van der Waals surface area (Å²) in [5, 5.41) is 26.3. The Morgan fingerprint density at radius 3 is 2.83 bits per heavy atom. The Balaban J connectivity index is 2.34. The molecular formula is C12H13N3O3. The Bertz CT molecular complexity index is 565. The SMILES string of the molecule is CC(Cc1cnnn1-c1ccccc1O)C(=O)O. The molecule has 1 aromatic carbocycles. The molecule has 2 rings (SSSR count). The third kappa shape index (κ3) is 2.32. The summed E-state index contributed by atoms with van der Waals surface area (Å²) in [6.07, 6.45) is 1.81. The van der Waals surface area contributed by atoms with Crippen molar-refractivity contribution < 1.29 is 15.0 Å². The van der Waals surface area contributed by atoms with Gasteiger partial charge in [0.2, 0.25) is 0 Å². The molecule has 0 saturated carbocycles. The second kappa shape index (κ2) is 4.87. The third-order valence-electron chi connectivity index (χ3n) is 2.67. The zero-order chi connectivity index (χ0) is 13.1. The zero-order valence-electron chi connectivity index (χ0n) is 9.82. The molecule has 18 heavy (non-hydrogen) atoms. The van der Waals surface area contributed by atoms with Crippen LogP contribution in [0.2, 0.25) is 0 Å². The summed E-state index contributed by atoms with van der Waals surface area (Å²) in [6, 6.07) is 6.71. The number of benzene rings is 1. The maximum absolute atomic E-state index is 10.8. The Hall–Kier alpha value is -2.37. The highest BCUT2D eigenvalue weighted by Gasteiger charge is 2.16. The number of carbonyl (C=O) groups is 1. The van der Waals surface area contributed by atoms with Gasteiger partial charge in [0, 0.05) is 6.42 Å². The van der Waals surface area contributed by atoms with Crippen LogP contribution in [0.1, 0.15) is 12.6 Å². The lowest BCUT2D eigenvalue weighted by Gasteiger charge is -2.09. The van der Waals surface area contributed by atoms with E-state index in [1.807, 2.05) is 0 Å². The number of hydrogen-bond donors (Lipinski definition) is 2. The van der Waals surface area contributed by atoms with Crippen molar-refractivity contribution in [3.63, 3.8) is 0 Å². The first kappa shape index (κ1) is 12.1. The van der Waals surface area contributed by atoms with Crippen LogP contribution in [0.3, 0.4) is 0 Å². The van der Waals surface area contributed by atoms with Crippen LogP contribution in [0.5, 0.6) is 5.75 Å². The number of hydrogen-bond acceptors (Lipinski definition) is 4. The van der Waals surface area contributed by atoms with E-state index >= 15 is 0 Å². The monoisotopic (exact) mass is 247 g/mol. The van der Waals surface area contributed by atoms with Crippen molar-refractivity contribution in [2.75, 3.05) is 0 Å². The number of aromatic nitrogens is 3. The molecule has 0 radical (unpaired) electrons. The lowest BCUT2D eigenvalue weighted by Crippen LogP contribution is -2.15. The van der Waals surface area contributed by atoms with Crippen molar-refractivity contribution in [1.29, 1.82) is 0 Å². The summed E-state index contributed by atoms with van der Waals surface area (Å²) in [7, 11) is 0. The van der Waals surface area contributed by atoms with Crippen LogP contribution in [-0.4, -0.2) is 31.2 Å². The second-order valence-electron chi connectivity index (χ2n) is 4.07. The molecular weight excluding hydrogens is 234 g/mol. The Morgan fingerprint density at radius 2 is 2.17 bits per heavy atom. The van der Waals surface area contributed by atoms with Gasteiger partial charge in [-0.2, -0.15) is 0 Å². The molecule has 2 aromatic rings. The molecule has 0 bridgehead atoms. The van der Waals surface area contributed by atoms with Crippen molar-refractivity contribution in [1.82, 2.24) is 15.0 Å². The van der Waals surface area contributed by atoms with E-state index in [9.17, 15) is 9.90 Å². The third-order valence-corrected chi connectivity index (χ3v) is 2.67. The molecule has 1 unspecified atom stereocenters. The largest absolute Gasteiger partial charge is 0.506 e. The van der Waals surface area contributed by atoms with Gasteiger partial charge in [-0.25, -0.2) is 4.68 Å². The van der Waals surface area contributed by atoms with Gasteiger partial charge in [0.1, 0.15) is 11.4 Å². The lowest BCUT2D eigenvalue weighted by molar-refractivity contribution is -0.141. The van der Waals surface area contributed by atoms with Gasteiger partial charge in [-0.15, -0.1) is 5.10 Å². The Labute approximate surface area is 103 Å². The fourth-order valence-electron chi connectivity index (χ4n) is 1.64. The average Bonchev–Trinajstić information content (AvgIpc) is 2.77. The predicted molar refractivity (Wildman–Crippen MR) is 63.5 cm³/mol. The van der Waals surface area contributed by atoms with E-state index in [1.54, 1.807) is 31.2 Å². The van der Waals surface area contributed by atoms with Crippen molar-refractivity contribution in [3.05, 3.63) is 36.2 Å². The minimum atomic E-state index is -0.875. The Morgan fingerprint density at radius 1 is 1.44 bits per heavy atom. The molecule has 0 fully saturated rings. The van der Waals surface area contributed by atoms with Gasteiger partial charge >= 0.3 is 5.97 Å². The molecule has 0 spiro atoms. The quantitative estimate of drug-likeness (QED) is 0.848. The number of phenolic OH excluding ortho intramolecular Hbond substituents is 1. The maximum Gasteiger partial charge on any atom is 0.306 e. The van der Waals surface area contributed by atoms with E-state index in [2.05, 4.69) is 10.3 Å². The molecule has 6 nitrogen and oxygen atoms in total. The summed E-state index contributed by atoms with van der Waals surface area (Å²) in [6.45, 7) is 1.62.